The lowest BCUT2D eigenvalue weighted by molar-refractivity contribution is 0.403. The van der Waals surface area contributed by atoms with E-state index in [9.17, 15) is 0 Å². The fourth-order valence-corrected chi connectivity index (χ4v) is 2.95. The SMILES string of the molecule is C=Cc1cccc(CCC2CCCNC(C)C2)c1. The fraction of sp³-hybridized carbons (Fsp3) is 0.529. The Morgan fingerprint density at radius 2 is 2.33 bits per heavy atom. The second-order valence-corrected chi connectivity index (χ2v) is 5.59. The van der Waals surface area contributed by atoms with Crippen LogP contribution in [-0.4, -0.2) is 12.6 Å². The van der Waals surface area contributed by atoms with Gasteiger partial charge >= 0.3 is 0 Å². The smallest absolute Gasteiger partial charge is 0.00413 e. The van der Waals surface area contributed by atoms with E-state index < -0.39 is 0 Å². The molecule has 2 atom stereocenters. The summed E-state index contributed by atoms with van der Waals surface area (Å²) in [6, 6.07) is 9.46. The van der Waals surface area contributed by atoms with Crippen LogP contribution in [0, 0.1) is 5.92 Å². The van der Waals surface area contributed by atoms with Gasteiger partial charge in [-0.05, 0) is 62.6 Å². The molecule has 1 aliphatic heterocycles. The lowest BCUT2D eigenvalue weighted by Gasteiger charge is -2.17. The molecule has 2 rings (SSSR count). The van der Waals surface area contributed by atoms with Crippen molar-refractivity contribution in [1.82, 2.24) is 5.32 Å². The molecule has 1 heteroatoms. The topological polar surface area (TPSA) is 12.0 Å². The largest absolute Gasteiger partial charge is 0.314 e. The zero-order chi connectivity index (χ0) is 12.8. The first-order valence-electron chi connectivity index (χ1n) is 7.22. The third-order valence-electron chi connectivity index (χ3n) is 4.00. The molecule has 0 aromatic heterocycles. The van der Waals surface area contributed by atoms with Gasteiger partial charge < -0.3 is 5.32 Å². The van der Waals surface area contributed by atoms with Crippen molar-refractivity contribution in [3.63, 3.8) is 0 Å². The zero-order valence-electron chi connectivity index (χ0n) is 11.5. The van der Waals surface area contributed by atoms with Crippen molar-refractivity contribution in [2.24, 2.45) is 5.92 Å². The Labute approximate surface area is 111 Å². The van der Waals surface area contributed by atoms with Gasteiger partial charge in [0.1, 0.15) is 0 Å². The molecular weight excluding hydrogens is 218 g/mol. The van der Waals surface area contributed by atoms with Gasteiger partial charge in [-0.15, -0.1) is 0 Å². The highest BCUT2D eigenvalue weighted by Crippen LogP contribution is 2.22. The van der Waals surface area contributed by atoms with Gasteiger partial charge in [-0.3, -0.25) is 0 Å². The third-order valence-corrected chi connectivity index (χ3v) is 4.00. The van der Waals surface area contributed by atoms with Crippen molar-refractivity contribution < 1.29 is 0 Å². The quantitative estimate of drug-likeness (QED) is 0.841. The molecule has 0 bridgehead atoms. The Morgan fingerprint density at radius 1 is 1.44 bits per heavy atom. The van der Waals surface area contributed by atoms with E-state index in [4.69, 9.17) is 0 Å². The predicted molar refractivity (Wildman–Crippen MR) is 79.7 cm³/mol. The van der Waals surface area contributed by atoms with Crippen LogP contribution >= 0.6 is 0 Å². The lowest BCUT2D eigenvalue weighted by Crippen LogP contribution is -2.25. The number of hydrogen-bond donors (Lipinski definition) is 1. The molecule has 1 nitrogen and oxygen atoms in total. The average molecular weight is 243 g/mol. The van der Waals surface area contributed by atoms with Gasteiger partial charge in [0.25, 0.3) is 0 Å². The Kier molecular flexibility index (Phi) is 5.00. The number of benzene rings is 1. The predicted octanol–water partition coefficient (Wildman–Crippen LogP) is 4.04. The molecular formula is C17H25N. The van der Waals surface area contributed by atoms with Crippen LogP contribution in [0.4, 0.5) is 0 Å². The standard InChI is InChI=1S/C17H25N/c1-3-15-6-4-7-17(13-15)10-9-16-8-5-11-18-14(2)12-16/h3-4,6-7,13-14,16,18H,1,5,8-12H2,2H3. The molecule has 0 radical (unpaired) electrons. The first-order chi connectivity index (χ1) is 8.78. The summed E-state index contributed by atoms with van der Waals surface area (Å²) in [4.78, 5) is 0. The molecule has 0 saturated carbocycles. The second-order valence-electron chi connectivity index (χ2n) is 5.59. The molecule has 1 fully saturated rings. The molecule has 0 aliphatic carbocycles. The van der Waals surface area contributed by atoms with Gasteiger partial charge in [0.2, 0.25) is 0 Å². The minimum absolute atomic E-state index is 0.692. The van der Waals surface area contributed by atoms with Gasteiger partial charge in [-0.2, -0.15) is 0 Å². The number of hydrogen-bond acceptors (Lipinski definition) is 1. The van der Waals surface area contributed by atoms with E-state index in [1.54, 1.807) is 0 Å². The van der Waals surface area contributed by atoms with Crippen LogP contribution in [0.1, 0.15) is 43.7 Å². The minimum atomic E-state index is 0.692. The molecule has 1 aromatic rings. The molecule has 18 heavy (non-hydrogen) atoms. The summed E-state index contributed by atoms with van der Waals surface area (Å²) in [5, 5.41) is 3.58. The van der Waals surface area contributed by atoms with E-state index in [1.807, 2.05) is 6.08 Å². The zero-order valence-corrected chi connectivity index (χ0v) is 11.5. The number of nitrogens with one attached hydrogen (secondary N) is 1. The monoisotopic (exact) mass is 243 g/mol. The van der Waals surface area contributed by atoms with Gasteiger partial charge in [0, 0.05) is 6.04 Å². The van der Waals surface area contributed by atoms with Crippen LogP contribution in [0.3, 0.4) is 0 Å². The summed E-state index contributed by atoms with van der Waals surface area (Å²) in [6.07, 6.45) is 8.52. The molecule has 2 unspecified atom stereocenters. The highest BCUT2D eigenvalue weighted by Gasteiger charge is 2.16. The van der Waals surface area contributed by atoms with Crippen molar-refractivity contribution in [3.8, 4) is 0 Å². The van der Waals surface area contributed by atoms with Crippen LogP contribution < -0.4 is 5.32 Å². The molecule has 1 heterocycles. The second kappa shape index (κ2) is 6.75. The number of rotatable bonds is 4. The maximum absolute atomic E-state index is 3.84. The summed E-state index contributed by atoms with van der Waals surface area (Å²) < 4.78 is 0. The van der Waals surface area contributed by atoms with Crippen molar-refractivity contribution >= 4 is 6.08 Å². The molecule has 98 valence electrons. The van der Waals surface area contributed by atoms with Crippen LogP contribution in [0.25, 0.3) is 6.08 Å². The first-order valence-corrected chi connectivity index (χ1v) is 7.22. The van der Waals surface area contributed by atoms with Gasteiger partial charge in [-0.25, -0.2) is 0 Å². The van der Waals surface area contributed by atoms with Gasteiger partial charge in [0.15, 0.2) is 0 Å². The summed E-state index contributed by atoms with van der Waals surface area (Å²) >= 11 is 0. The molecule has 1 aromatic carbocycles. The summed E-state index contributed by atoms with van der Waals surface area (Å²) in [5.41, 5.74) is 2.70. The van der Waals surface area contributed by atoms with Crippen molar-refractivity contribution in [2.45, 2.75) is 45.1 Å². The van der Waals surface area contributed by atoms with Crippen LogP contribution in [0.15, 0.2) is 30.8 Å². The van der Waals surface area contributed by atoms with E-state index in [0.29, 0.717) is 6.04 Å². The molecule has 1 N–H and O–H groups in total. The van der Waals surface area contributed by atoms with Gasteiger partial charge in [-0.1, -0.05) is 36.9 Å². The lowest BCUT2D eigenvalue weighted by atomic mass is 9.91. The van der Waals surface area contributed by atoms with E-state index in [2.05, 4.69) is 43.1 Å². The Bertz CT molecular complexity index is 383. The first kappa shape index (κ1) is 13.4. The maximum Gasteiger partial charge on any atom is 0.00413 e. The van der Waals surface area contributed by atoms with Crippen LogP contribution in [-0.2, 0) is 6.42 Å². The Morgan fingerprint density at radius 3 is 3.17 bits per heavy atom. The maximum atomic E-state index is 3.84. The fourth-order valence-electron chi connectivity index (χ4n) is 2.95. The Balaban J connectivity index is 1.87. The summed E-state index contributed by atoms with van der Waals surface area (Å²) in [5.74, 6) is 0.891. The van der Waals surface area contributed by atoms with E-state index >= 15 is 0 Å². The molecule has 0 amide bonds. The summed E-state index contributed by atoms with van der Waals surface area (Å²) in [6.45, 7) is 7.35. The van der Waals surface area contributed by atoms with E-state index in [1.165, 1.54) is 49.8 Å². The van der Waals surface area contributed by atoms with E-state index in [-0.39, 0.29) is 0 Å². The number of aryl methyl sites for hydroxylation is 1. The highest BCUT2D eigenvalue weighted by molar-refractivity contribution is 5.47. The summed E-state index contributed by atoms with van der Waals surface area (Å²) in [7, 11) is 0. The van der Waals surface area contributed by atoms with Crippen molar-refractivity contribution in [3.05, 3.63) is 42.0 Å². The third kappa shape index (κ3) is 3.99. The molecule has 1 aliphatic rings. The highest BCUT2D eigenvalue weighted by atomic mass is 14.9. The van der Waals surface area contributed by atoms with E-state index in [0.717, 1.165) is 5.92 Å². The van der Waals surface area contributed by atoms with Crippen molar-refractivity contribution in [2.75, 3.05) is 6.54 Å². The molecule has 0 spiro atoms. The Hall–Kier alpha value is -1.08. The minimum Gasteiger partial charge on any atom is -0.314 e. The normalized spacial score (nSPS) is 24.5. The average Bonchev–Trinajstić information content (AvgIpc) is 2.61. The molecule has 1 saturated heterocycles. The van der Waals surface area contributed by atoms with Gasteiger partial charge in [0.05, 0.1) is 0 Å². The van der Waals surface area contributed by atoms with Crippen LogP contribution in [0.5, 0.6) is 0 Å². The van der Waals surface area contributed by atoms with Crippen molar-refractivity contribution in [1.29, 1.82) is 0 Å². The van der Waals surface area contributed by atoms with Crippen LogP contribution in [0.2, 0.25) is 0 Å².